The number of carboxylic acid groups (broad SMARTS) is 1. The minimum Gasteiger partial charge on any atom is -0.481 e. The van der Waals surface area contributed by atoms with Crippen molar-refractivity contribution in [2.24, 2.45) is 5.92 Å². The van der Waals surface area contributed by atoms with Crippen molar-refractivity contribution in [1.82, 2.24) is 4.90 Å². The van der Waals surface area contributed by atoms with E-state index in [1.54, 1.807) is 0 Å². The molecule has 1 heterocycles. The number of hydrogen-bond acceptors (Lipinski definition) is 3. The van der Waals surface area contributed by atoms with Gasteiger partial charge in [-0.3, -0.25) is 4.79 Å². The Morgan fingerprint density at radius 1 is 1.07 bits per heavy atom. The van der Waals surface area contributed by atoms with Gasteiger partial charge in [-0.05, 0) is 44.4 Å². The van der Waals surface area contributed by atoms with Gasteiger partial charge < -0.3 is 14.7 Å². The van der Waals surface area contributed by atoms with E-state index >= 15 is 0 Å². The van der Waals surface area contributed by atoms with Crippen LogP contribution in [0.3, 0.4) is 0 Å². The number of ether oxygens (including phenoxy) is 1. The lowest BCUT2D eigenvalue weighted by Gasteiger charge is -2.31. The summed E-state index contributed by atoms with van der Waals surface area (Å²) in [5.41, 5.74) is 4.75. The highest BCUT2D eigenvalue weighted by Crippen LogP contribution is 2.27. The van der Waals surface area contributed by atoms with Crippen molar-refractivity contribution in [3.05, 3.63) is 70.8 Å². The summed E-state index contributed by atoms with van der Waals surface area (Å²) < 4.78 is 6.30. The topological polar surface area (TPSA) is 49.8 Å². The number of piperidine rings is 1. The molecule has 0 bridgehead atoms. The second kappa shape index (κ2) is 9.16. The van der Waals surface area contributed by atoms with Crippen molar-refractivity contribution < 1.29 is 14.6 Å². The molecule has 0 radical (unpaired) electrons. The summed E-state index contributed by atoms with van der Waals surface area (Å²) in [6.07, 6.45) is 1.62. The van der Waals surface area contributed by atoms with Crippen LogP contribution in [0.25, 0.3) is 0 Å². The standard InChI is InChI=1S/C23H29NO3/c1-17-5-9-19(10-6-17)22(20-11-7-18(2)8-12-20)27-15-14-24-13-3-4-21(16-24)23(25)26/h5-12,21-22H,3-4,13-16H2,1-2H3,(H,25,26). The molecule has 1 fully saturated rings. The number of aliphatic carboxylic acids is 1. The molecule has 0 saturated carbocycles. The van der Waals surface area contributed by atoms with E-state index in [1.165, 1.54) is 11.1 Å². The molecule has 1 unspecified atom stereocenters. The number of hydrogen-bond donors (Lipinski definition) is 1. The summed E-state index contributed by atoms with van der Waals surface area (Å²) in [4.78, 5) is 13.5. The summed E-state index contributed by atoms with van der Waals surface area (Å²) in [6, 6.07) is 17.0. The molecule has 1 N–H and O–H groups in total. The molecule has 0 aliphatic carbocycles. The van der Waals surface area contributed by atoms with Crippen molar-refractivity contribution in [3.8, 4) is 0 Å². The van der Waals surface area contributed by atoms with E-state index in [9.17, 15) is 9.90 Å². The number of benzene rings is 2. The van der Waals surface area contributed by atoms with Crippen molar-refractivity contribution in [2.45, 2.75) is 32.8 Å². The summed E-state index contributed by atoms with van der Waals surface area (Å²) in [5.74, 6) is -0.929. The predicted octanol–water partition coefficient (Wildman–Crippen LogP) is 4.21. The fraction of sp³-hybridized carbons (Fsp3) is 0.435. The normalized spacial score (nSPS) is 18.0. The zero-order valence-electron chi connectivity index (χ0n) is 16.2. The lowest BCUT2D eigenvalue weighted by atomic mass is 9.98. The van der Waals surface area contributed by atoms with E-state index in [1.807, 2.05) is 0 Å². The highest BCUT2D eigenvalue weighted by molar-refractivity contribution is 5.70. The number of likely N-dealkylation sites (tertiary alicyclic amines) is 1. The van der Waals surface area contributed by atoms with Gasteiger partial charge >= 0.3 is 5.97 Å². The summed E-state index contributed by atoms with van der Waals surface area (Å²) in [5, 5.41) is 9.25. The zero-order chi connectivity index (χ0) is 19.2. The highest BCUT2D eigenvalue weighted by atomic mass is 16.5. The van der Waals surface area contributed by atoms with Crippen molar-refractivity contribution >= 4 is 5.97 Å². The first-order chi connectivity index (χ1) is 13.0. The second-order valence-electron chi connectivity index (χ2n) is 7.55. The molecule has 1 saturated heterocycles. The number of nitrogens with zero attached hydrogens (tertiary/aromatic N) is 1. The number of carboxylic acids is 1. The SMILES string of the molecule is Cc1ccc(C(OCCN2CCCC(C(=O)O)C2)c2ccc(C)cc2)cc1. The molecule has 27 heavy (non-hydrogen) atoms. The number of rotatable bonds is 7. The Morgan fingerprint density at radius 3 is 2.15 bits per heavy atom. The Morgan fingerprint density at radius 2 is 1.63 bits per heavy atom. The molecular formula is C23H29NO3. The van der Waals surface area contributed by atoms with Gasteiger partial charge in [0.1, 0.15) is 6.10 Å². The van der Waals surface area contributed by atoms with Crippen LogP contribution < -0.4 is 0 Å². The molecule has 3 rings (SSSR count). The highest BCUT2D eigenvalue weighted by Gasteiger charge is 2.25. The van der Waals surface area contributed by atoms with Crippen LogP contribution in [0.2, 0.25) is 0 Å². The summed E-state index contributed by atoms with van der Waals surface area (Å²) in [7, 11) is 0. The fourth-order valence-corrected chi connectivity index (χ4v) is 3.63. The molecule has 0 spiro atoms. The van der Waals surface area contributed by atoms with Crippen LogP contribution in [-0.4, -0.2) is 42.2 Å². The third kappa shape index (κ3) is 5.41. The molecule has 2 aromatic rings. The van der Waals surface area contributed by atoms with Crippen LogP contribution in [0, 0.1) is 19.8 Å². The largest absolute Gasteiger partial charge is 0.481 e. The van der Waals surface area contributed by atoms with Crippen LogP contribution in [0.15, 0.2) is 48.5 Å². The van der Waals surface area contributed by atoms with Crippen LogP contribution in [0.5, 0.6) is 0 Å². The number of carbonyl (C=O) groups is 1. The molecule has 144 valence electrons. The van der Waals surface area contributed by atoms with Gasteiger partial charge in [0.25, 0.3) is 0 Å². The van der Waals surface area contributed by atoms with E-state index < -0.39 is 5.97 Å². The van der Waals surface area contributed by atoms with Gasteiger partial charge in [-0.2, -0.15) is 0 Å². The average Bonchev–Trinajstić information content (AvgIpc) is 2.67. The second-order valence-corrected chi connectivity index (χ2v) is 7.55. The van der Waals surface area contributed by atoms with Crippen molar-refractivity contribution in [3.63, 3.8) is 0 Å². The Hall–Kier alpha value is -2.17. The third-order valence-corrected chi connectivity index (χ3v) is 5.31. The van der Waals surface area contributed by atoms with E-state index in [2.05, 4.69) is 67.3 Å². The quantitative estimate of drug-likeness (QED) is 0.797. The third-order valence-electron chi connectivity index (χ3n) is 5.31. The van der Waals surface area contributed by atoms with E-state index in [0.29, 0.717) is 13.2 Å². The molecule has 1 aliphatic rings. The van der Waals surface area contributed by atoms with Crippen LogP contribution in [0.1, 0.15) is 41.2 Å². The smallest absolute Gasteiger partial charge is 0.307 e. The van der Waals surface area contributed by atoms with Gasteiger partial charge in [0.05, 0.1) is 12.5 Å². The summed E-state index contributed by atoms with van der Waals surface area (Å²) in [6.45, 7) is 7.09. The van der Waals surface area contributed by atoms with Gasteiger partial charge in [-0.25, -0.2) is 0 Å². The van der Waals surface area contributed by atoms with Gasteiger partial charge in [0.2, 0.25) is 0 Å². The van der Waals surface area contributed by atoms with Crippen LogP contribution in [0.4, 0.5) is 0 Å². The maximum Gasteiger partial charge on any atom is 0.307 e. The summed E-state index contributed by atoms with van der Waals surface area (Å²) >= 11 is 0. The fourth-order valence-electron chi connectivity index (χ4n) is 3.63. The molecule has 4 nitrogen and oxygen atoms in total. The first kappa shape index (κ1) is 19.6. The molecule has 0 amide bonds. The van der Waals surface area contributed by atoms with Crippen molar-refractivity contribution in [2.75, 3.05) is 26.2 Å². The predicted molar refractivity (Wildman–Crippen MR) is 107 cm³/mol. The molecule has 4 heteroatoms. The molecular weight excluding hydrogens is 338 g/mol. The number of aryl methyl sites for hydroxylation is 2. The Labute approximate surface area is 161 Å². The van der Waals surface area contributed by atoms with Crippen LogP contribution in [-0.2, 0) is 9.53 Å². The van der Waals surface area contributed by atoms with E-state index in [0.717, 1.165) is 37.1 Å². The minimum absolute atomic E-state index is 0.105. The Balaban J connectivity index is 1.65. The molecule has 2 aromatic carbocycles. The van der Waals surface area contributed by atoms with Gasteiger partial charge in [-0.15, -0.1) is 0 Å². The first-order valence-electron chi connectivity index (χ1n) is 9.73. The Bertz CT molecular complexity index is 694. The lowest BCUT2D eigenvalue weighted by Crippen LogP contribution is -2.40. The zero-order valence-corrected chi connectivity index (χ0v) is 16.2. The van der Waals surface area contributed by atoms with Crippen molar-refractivity contribution in [1.29, 1.82) is 0 Å². The average molecular weight is 367 g/mol. The maximum absolute atomic E-state index is 11.2. The molecule has 0 aromatic heterocycles. The van der Waals surface area contributed by atoms with Crippen LogP contribution >= 0.6 is 0 Å². The van der Waals surface area contributed by atoms with E-state index in [-0.39, 0.29) is 12.0 Å². The lowest BCUT2D eigenvalue weighted by molar-refractivity contribution is -0.143. The van der Waals surface area contributed by atoms with Gasteiger partial charge in [-0.1, -0.05) is 59.7 Å². The minimum atomic E-state index is -0.683. The van der Waals surface area contributed by atoms with E-state index in [4.69, 9.17) is 4.74 Å². The Kier molecular flexibility index (Phi) is 6.64. The monoisotopic (exact) mass is 367 g/mol. The van der Waals surface area contributed by atoms with Gasteiger partial charge in [0.15, 0.2) is 0 Å². The molecule has 1 atom stereocenters. The first-order valence-corrected chi connectivity index (χ1v) is 9.73. The van der Waals surface area contributed by atoms with Gasteiger partial charge in [0, 0.05) is 13.1 Å². The maximum atomic E-state index is 11.2. The molecule has 1 aliphatic heterocycles.